The van der Waals surface area contributed by atoms with Crippen LogP contribution in [-0.2, 0) is 6.18 Å². The molecule has 3 N–H and O–H groups in total. The maximum Gasteiger partial charge on any atom is 0.433 e. The fourth-order valence-electron chi connectivity index (χ4n) is 1.58. The molecule has 2 aromatic rings. The van der Waals surface area contributed by atoms with Crippen molar-refractivity contribution in [1.29, 1.82) is 0 Å². The molecular weight excluding hydrogens is 287 g/mol. The van der Waals surface area contributed by atoms with Crippen molar-refractivity contribution in [2.24, 2.45) is 0 Å². The van der Waals surface area contributed by atoms with Crippen LogP contribution in [0.3, 0.4) is 0 Å². The summed E-state index contributed by atoms with van der Waals surface area (Å²) in [5.41, 5.74) is 4.03. The molecule has 0 aliphatic heterocycles. The smallest absolute Gasteiger partial charge is 0.381 e. The fraction of sp³-hybridized carbons (Fsp3) is 0.0833. The minimum Gasteiger partial charge on any atom is -0.381 e. The molecule has 0 saturated heterocycles. The van der Waals surface area contributed by atoms with Gasteiger partial charge in [0.2, 0.25) is 0 Å². The first kappa shape index (κ1) is 14.6. The summed E-state index contributed by atoms with van der Waals surface area (Å²) < 4.78 is 39.0. The Morgan fingerprint density at radius 2 is 2.14 bits per heavy atom. The number of hydrogen-bond acceptors (Lipinski definition) is 4. The molecule has 0 atom stereocenters. The van der Waals surface area contributed by atoms with Gasteiger partial charge in [0, 0.05) is 11.9 Å². The third-order valence-electron chi connectivity index (χ3n) is 2.55. The molecule has 0 aromatic carbocycles. The highest BCUT2D eigenvalue weighted by Crippen LogP contribution is 2.28. The molecule has 2 aromatic heterocycles. The molecule has 0 unspecified atom stereocenters. The highest BCUT2D eigenvalue weighted by atomic mass is 19.4. The fourth-order valence-corrected chi connectivity index (χ4v) is 1.58. The number of nitrogens with one attached hydrogen (secondary N) is 1. The highest BCUT2D eigenvalue weighted by molar-refractivity contribution is 6.05. The number of carbonyl (C=O) groups is 1. The van der Waals surface area contributed by atoms with Gasteiger partial charge < -0.3 is 11.1 Å². The normalized spacial score (nSPS) is 11.4. The SMILES string of the molecule is C=CC(=C)NC(=O)c1c(N)nn2ccc(C(F)(F)F)nc12. The second-order valence-corrected chi connectivity index (χ2v) is 4.02. The minimum absolute atomic E-state index is 0.172. The van der Waals surface area contributed by atoms with E-state index in [0.29, 0.717) is 0 Å². The molecule has 0 bridgehead atoms. The first-order valence-corrected chi connectivity index (χ1v) is 5.58. The third kappa shape index (κ3) is 2.71. The zero-order chi connectivity index (χ0) is 15.8. The van der Waals surface area contributed by atoms with Crippen molar-refractivity contribution in [1.82, 2.24) is 19.9 Å². The molecule has 0 spiro atoms. The van der Waals surface area contributed by atoms with Gasteiger partial charge in [0.05, 0.1) is 0 Å². The minimum atomic E-state index is -4.64. The van der Waals surface area contributed by atoms with E-state index in [0.717, 1.165) is 16.8 Å². The average molecular weight is 297 g/mol. The second kappa shape index (κ2) is 4.93. The number of nitrogen functional groups attached to an aromatic ring is 1. The van der Waals surface area contributed by atoms with Crippen molar-refractivity contribution in [3.8, 4) is 0 Å². The molecule has 9 heteroatoms. The number of alkyl halides is 3. The summed E-state index contributed by atoms with van der Waals surface area (Å²) in [6, 6.07) is 0.740. The molecule has 110 valence electrons. The van der Waals surface area contributed by atoms with Crippen LogP contribution >= 0.6 is 0 Å². The topological polar surface area (TPSA) is 85.3 Å². The number of allylic oxidation sites excluding steroid dienone is 1. The number of nitrogens with two attached hydrogens (primary N) is 1. The number of halogens is 3. The van der Waals surface area contributed by atoms with Crippen molar-refractivity contribution in [3.05, 3.63) is 48.5 Å². The van der Waals surface area contributed by atoms with E-state index in [1.807, 2.05) is 0 Å². The predicted molar refractivity (Wildman–Crippen MR) is 69.2 cm³/mol. The Morgan fingerprint density at radius 3 is 2.71 bits per heavy atom. The zero-order valence-electron chi connectivity index (χ0n) is 10.6. The van der Waals surface area contributed by atoms with Gasteiger partial charge in [-0.3, -0.25) is 4.79 Å². The van der Waals surface area contributed by atoms with E-state index in [2.05, 4.69) is 28.6 Å². The Hall–Kier alpha value is -2.84. The Balaban J connectivity index is 2.57. The summed E-state index contributed by atoms with van der Waals surface area (Å²) in [7, 11) is 0. The maximum absolute atomic E-state index is 12.7. The van der Waals surface area contributed by atoms with Crippen molar-refractivity contribution >= 4 is 17.4 Å². The van der Waals surface area contributed by atoms with Gasteiger partial charge >= 0.3 is 6.18 Å². The number of amides is 1. The lowest BCUT2D eigenvalue weighted by molar-refractivity contribution is -0.141. The van der Waals surface area contributed by atoms with Crippen molar-refractivity contribution in [3.63, 3.8) is 0 Å². The Kier molecular flexibility index (Phi) is 3.42. The number of rotatable bonds is 3. The number of anilines is 1. The van der Waals surface area contributed by atoms with Gasteiger partial charge in [-0.15, -0.1) is 5.10 Å². The van der Waals surface area contributed by atoms with Gasteiger partial charge in [0.15, 0.2) is 11.5 Å². The molecule has 0 aliphatic carbocycles. The van der Waals surface area contributed by atoms with E-state index in [9.17, 15) is 18.0 Å². The molecule has 2 heterocycles. The number of nitrogens with zero attached hydrogens (tertiary/aromatic N) is 3. The number of aromatic nitrogens is 3. The number of hydrogen-bond donors (Lipinski definition) is 2. The molecule has 21 heavy (non-hydrogen) atoms. The van der Waals surface area contributed by atoms with Crippen molar-refractivity contribution in [2.75, 3.05) is 5.73 Å². The molecule has 1 amide bonds. The molecular formula is C12H10F3N5O. The first-order chi connectivity index (χ1) is 9.74. The van der Waals surface area contributed by atoms with Gasteiger partial charge in [0.1, 0.15) is 11.3 Å². The first-order valence-electron chi connectivity index (χ1n) is 5.58. The molecule has 0 aliphatic rings. The number of fused-ring (bicyclic) bond motifs is 1. The monoisotopic (exact) mass is 297 g/mol. The molecule has 6 nitrogen and oxygen atoms in total. The Bertz CT molecular complexity index is 747. The summed E-state index contributed by atoms with van der Waals surface area (Å²) in [6.07, 6.45) is -2.34. The lowest BCUT2D eigenvalue weighted by Gasteiger charge is -2.06. The summed E-state index contributed by atoms with van der Waals surface area (Å²) in [5, 5.41) is 6.06. The predicted octanol–water partition coefficient (Wildman–Crippen LogP) is 1.76. The van der Waals surface area contributed by atoms with E-state index < -0.39 is 17.8 Å². The molecule has 0 fully saturated rings. The lowest BCUT2D eigenvalue weighted by atomic mass is 10.2. The summed E-state index contributed by atoms with van der Waals surface area (Å²) >= 11 is 0. The van der Waals surface area contributed by atoms with Gasteiger partial charge in [0.25, 0.3) is 5.91 Å². The van der Waals surface area contributed by atoms with E-state index >= 15 is 0 Å². The second-order valence-electron chi connectivity index (χ2n) is 4.02. The van der Waals surface area contributed by atoms with E-state index in [1.54, 1.807) is 0 Å². The van der Waals surface area contributed by atoms with E-state index in [1.165, 1.54) is 6.08 Å². The zero-order valence-corrected chi connectivity index (χ0v) is 10.6. The highest BCUT2D eigenvalue weighted by Gasteiger charge is 2.33. The van der Waals surface area contributed by atoms with Gasteiger partial charge in [-0.2, -0.15) is 13.2 Å². The maximum atomic E-state index is 12.7. The van der Waals surface area contributed by atoms with Crippen LogP contribution in [0.25, 0.3) is 5.65 Å². The third-order valence-corrected chi connectivity index (χ3v) is 2.55. The van der Waals surface area contributed by atoms with E-state index in [4.69, 9.17) is 5.73 Å². The van der Waals surface area contributed by atoms with E-state index in [-0.39, 0.29) is 22.7 Å². The Morgan fingerprint density at radius 1 is 1.48 bits per heavy atom. The van der Waals surface area contributed by atoms with Gasteiger partial charge in [-0.05, 0) is 12.1 Å². The van der Waals surface area contributed by atoms with Crippen LogP contribution in [0.5, 0.6) is 0 Å². The van der Waals surface area contributed by atoms with Crippen molar-refractivity contribution in [2.45, 2.75) is 6.18 Å². The van der Waals surface area contributed by atoms with Crippen LogP contribution in [0.2, 0.25) is 0 Å². The molecule has 2 rings (SSSR count). The average Bonchev–Trinajstić information content (AvgIpc) is 2.72. The van der Waals surface area contributed by atoms with Crippen LogP contribution < -0.4 is 11.1 Å². The van der Waals surface area contributed by atoms with Crippen LogP contribution in [0.15, 0.2) is 37.2 Å². The van der Waals surface area contributed by atoms with Gasteiger partial charge in [-0.25, -0.2) is 9.50 Å². The van der Waals surface area contributed by atoms with Crippen LogP contribution in [0.1, 0.15) is 16.1 Å². The summed E-state index contributed by atoms with van der Waals surface area (Å²) in [5.74, 6) is -1.00. The van der Waals surface area contributed by atoms with Crippen LogP contribution in [0, 0.1) is 0 Å². The molecule has 0 radical (unpaired) electrons. The Labute approximate surface area is 116 Å². The number of carbonyl (C=O) groups excluding carboxylic acids is 1. The van der Waals surface area contributed by atoms with Crippen molar-refractivity contribution < 1.29 is 18.0 Å². The van der Waals surface area contributed by atoms with Gasteiger partial charge in [-0.1, -0.05) is 13.2 Å². The molecule has 0 saturated carbocycles. The van der Waals surface area contributed by atoms with Crippen LogP contribution in [-0.4, -0.2) is 20.5 Å². The summed E-state index contributed by atoms with van der Waals surface area (Å²) in [4.78, 5) is 15.4. The standard InChI is InChI=1S/C12H10F3N5O/c1-3-6(2)17-11(21)8-9(16)19-20-5-4-7(12(13,14)15)18-10(8)20/h3-5H,1-2H2,(H2,16,19)(H,17,21). The quantitative estimate of drug-likeness (QED) is 0.845. The summed E-state index contributed by atoms with van der Waals surface area (Å²) in [6.45, 7) is 6.87. The lowest BCUT2D eigenvalue weighted by Crippen LogP contribution is -2.22. The largest absolute Gasteiger partial charge is 0.433 e. The van der Waals surface area contributed by atoms with Crippen LogP contribution in [0.4, 0.5) is 19.0 Å².